The van der Waals surface area contributed by atoms with Gasteiger partial charge in [0, 0.05) is 12.4 Å². The van der Waals surface area contributed by atoms with Crippen molar-refractivity contribution in [2.45, 2.75) is 20.0 Å². The van der Waals surface area contributed by atoms with Crippen LogP contribution in [0.15, 0.2) is 48.8 Å². The van der Waals surface area contributed by atoms with Crippen LogP contribution in [0.1, 0.15) is 28.5 Å². The summed E-state index contributed by atoms with van der Waals surface area (Å²) in [6, 6.07) is 11.9. The monoisotopic (exact) mass is 252 g/mol. The van der Waals surface area contributed by atoms with Crippen LogP contribution >= 0.6 is 0 Å². The molecule has 1 aromatic carbocycles. The quantitative estimate of drug-likeness (QED) is 0.761. The van der Waals surface area contributed by atoms with E-state index in [9.17, 15) is 5.11 Å². The van der Waals surface area contributed by atoms with Gasteiger partial charge in [0.15, 0.2) is 0 Å². The Morgan fingerprint density at radius 3 is 2.74 bits per heavy atom. The largest absolute Gasteiger partial charge is 0.382 e. The fraction of sp³-hybridized carbons (Fsp3) is 0.188. The normalized spacial score (nSPS) is 12.8. The lowest BCUT2D eigenvalue weighted by molar-refractivity contribution is 0.215. The molecule has 2 heterocycles. The average Bonchev–Trinajstić information content (AvgIpc) is 2.81. The number of nitrogens with zero attached hydrogens (tertiary/aromatic N) is 2. The molecule has 3 nitrogen and oxygen atoms in total. The van der Waals surface area contributed by atoms with Crippen LogP contribution in [0, 0.1) is 13.8 Å². The van der Waals surface area contributed by atoms with Gasteiger partial charge in [-0.1, -0.05) is 29.8 Å². The van der Waals surface area contributed by atoms with Crippen molar-refractivity contribution < 1.29 is 5.11 Å². The van der Waals surface area contributed by atoms with E-state index in [4.69, 9.17) is 0 Å². The van der Waals surface area contributed by atoms with Crippen molar-refractivity contribution in [3.63, 3.8) is 0 Å². The van der Waals surface area contributed by atoms with Crippen molar-refractivity contribution in [1.82, 2.24) is 9.38 Å². The van der Waals surface area contributed by atoms with Gasteiger partial charge in [-0.2, -0.15) is 0 Å². The highest BCUT2D eigenvalue weighted by atomic mass is 16.3. The third-order valence-electron chi connectivity index (χ3n) is 3.38. The summed E-state index contributed by atoms with van der Waals surface area (Å²) in [5.74, 6) is 0. The van der Waals surface area contributed by atoms with Gasteiger partial charge in [-0.05, 0) is 37.1 Å². The number of benzene rings is 1. The van der Waals surface area contributed by atoms with Crippen molar-refractivity contribution in [2.75, 3.05) is 0 Å². The molecule has 0 radical (unpaired) electrons. The minimum Gasteiger partial charge on any atom is -0.382 e. The second-order valence-corrected chi connectivity index (χ2v) is 4.89. The Kier molecular flexibility index (Phi) is 2.84. The maximum atomic E-state index is 10.5. The lowest BCUT2D eigenvalue weighted by atomic mass is 10.00. The zero-order valence-electron chi connectivity index (χ0n) is 11.0. The second-order valence-electron chi connectivity index (χ2n) is 4.89. The molecule has 0 saturated carbocycles. The van der Waals surface area contributed by atoms with Gasteiger partial charge < -0.3 is 9.51 Å². The molecule has 0 aliphatic rings. The van der Waals surface area contributed by atoms with Crippen molar-refractivity contribution >= 4 is 5.65 Å². The first-order valence-electron chi connectivity index (χ1n) is 6.34. The molecule has 0 amide bonds. The first-order valence-corrected chi connectivity index (χ1v) is 6.34. The Balaban J connectivity index is 2.05. The van der Waals surface area contributed by atoms with Gasteiger partial charge in [0.05, 0.1) is 5.69 Å². The molecule has 2 aromatic heterocycles. The van der Waals surface area contributed by atoms with Crippen LogP contribution in [-0.4, -0.2) is 14.5 Å². The number of rotatable bonds is 2. The first kappa shape index (κ1) is 11.9. The number of aromatic nitrogens is 2. The third-order valence-corrected chi connectivity index (χ3v) is 3.38. The van der Waals surface area contributed by atoms with Crippen LogP contribution in [-0.2, 0) is 0 Å². The zero-order valence-corrected chi connectivity index (χ0v) is 11.0. The molecule has 0 spiro atoms. The topological polar surface area (TPSA) is 37.5 Å². The number of imidazole rings is 1. The SMILES string of the molecule is Cc1ccc(C(O)c2cn3ccccc3n2)c(C)c1. The first-order chi connectivity index (χ1) is 9.15. The van der Waals surface area contributed by atoms with E-state index in [1.807, 2.05) is 61.0 Å². The molecular formula is C16H16N2O. The van der Waals surface area contributed by atoms with E-state index in [-0.39, 0.29) is 0 Å². The lowest BCUT2D eigenvalue weighted by Crippen LogP contribution is -2.02. The molecule has 1 N–H and O–H groups in total. The minimum atomic E-state index is -0.680. The predicted molar refractivity (Wildman–Crippen MR) is 75.2 cm³/mol. The van der Waals surface area contributed by atoms with E-state index in [0.717, 1.165) is 16.8 Å². The average molecular weight is 252 g/mol. The molecule has 96 valence electrons. The number of fused-ring (bicyclic) bond motifs is 1. The van der Waals surface area contributed by atoms with E-state index in [1.54, 1.807) is 0 Å². The Hall–Kier alpha value is -2.13. The van der Waals surface area contributed by atoms with Gasteiger partial charge >= 0.3 is 0 Å². The molecule has 0 fully saturated rings. The fourth-order valence-corrected chi connectivity index (χ4v) is 2.38. The van der Waals surface area contributed by atoms with Crippen LogP contribution in [0.25, 0.3) is 5.65 Å². The fourth-order valence-electron chi connectivity index (χ4n) is 2.38. The Morgan fingerprint density at radius 2 is 2.00 bits per heavy atom. The number of hydrogen-bond acceptors (Lipinski definition) is 2. The Labute approximate surface area is 112 Å². The predicted octanol–water partition coefficient (Wildman–Crippen LogP) is 3.03. The Bertz CT molecular complexity index is 697. The van der Waals surface area contributed by atoms with Gasteiger partial charge in [0.25, 0.3) is 0 Å². The summed E-state index contributed by atoms with van der Waals surface area (Å²) in [7, 11) is 0. The van der Waals surface area contributed by atoms with Crippen molar-refractivity contribution in [1.29, 1.82) is 0 Å². The van der Waals surface area contributed by atoms with Gasteiger partial charge in [-0.15, -0.1) is 0 Å². The molecule has 1 atom stereocenters. The third kappa shape index (κ3) is 2.13. The van der Waals surface area contributed by atoms with Crippen molar-refractivity contribution in [3.05, 3.63) is 71.2 Å². The molecule has 3 heteroatoms. The molecule has 3 rings (SSSR count). The number of aliphatic hydroxyl groups excluding tert-OH is 1. The summed E-state index contributed by atoms with van der Waals surface area (Å²) < 4.78 is 1.92. The van der Waals surface area contributed by atoms with Gasteiger partial charge in [-0.25, -0.2) is 4.98 Å². The standard InChI is InChI=1S/C16H16N2O/c1-11-6-7-13(12(2)9-11)16(19)14-10-18-8-4-3-5-15(18)17-14/h3-10,16,19H,1-2H3. The zero-order chi connectivity index (χ0) is 13.4. The highest BCUT2D eigenvalue weighted by molar-refractivity contribution is 5.42. The van der Waals surface area contributed by atoms with Crippen LogP contribution in [0.3, 0.4) is 0 Å². The molecule has 0 bridgehead atoms. The summed E-state index contributed by atoms with van der Waals surface area (Å²) in [5.41, 5.74) is 4.72. The summed E-state index contributed by atoms with van der Waals surface area (Å²) in [6.45, 7) is 4.06. The molecule has 0 aliphatic heterocycles. The summed E-state index contributed by atoms with van der Waals surface area (Å²) in [5, 5.41) is 10.5. The highest BCUT2D eigenvalue weighted by Crippen LogP contribution is 2.25. The van der Waals surface area contributed by atoms with Crippen LogP contribution in [0.2, 0.25) is 0 Å². The molecule has 0 aliphatic carbocycles. The molecule has 3 aromatic rings. The summed E-state index contributed by atoms with van der Waals surface area (Å²) in [6.07, 6.45) is 3.13. The number of pyridine rings is 1. The number of hydrogen-bond donors (Lipinski definition) is 1. The molecule has 19 heavy (non-hydrogen) atoms. The van der Waals surface area contributed by atoms with Crippen LogP contribution < -0.4 is 0 Å². The molecule has 0 saturated heterocycles. The van der Waals surface area contributed by atoms with Crippen molar-refractivity contribution in [2.24, 2.45) is 0 Å². The lowest BCUT2D eigenvalue weighted by Gasteiger charge is -2.11. The van der Waals surface area contributed by atoms with Crippen molar-refractivity contribution in [3.8, 4) is 0 Å². The smallest absolute Gasteiger partial charge is 0.137 e. The van der Waals surface area contributed by atoms with E-state index in [2.05, 4.69) is 11.1 Å². The van der Waals surface area contributed by atoms with Gasteiger partial charge in [-0.3, -0.25) is 0 Å². The van der Waals surface area contributed by atoms with E-state index >= 15 is 0 Å². The number of aliphatic hydroxyl groups is 1. The Morgan fingerprint density at radius 1 is 1.16 bits per heavy atom. The maximum Gasteiger partial charge on any atom is 0.137 e. The van der Waals surface area contributed by atoms with Crippen LogP contribution in [0.4, 0.5) is 0 Å². The van der Waals surface area contributed by atoms with Gasteiger partial charge in [0.2, 0.25) is 0 Å². The summed E-state index contributed by atoms with van der Waals surface area (Å²) in [4.78, 5) is 4.47. The van der Waals surface area contributed by atoms with E-state index in [1.165, 1.54) is 5.56 Å². The minimum absolute atomic E-state index is 0.679. The maximum absolute atomic E-state index is 10.5. The van der Waals surface area contributed by atoms with E-state index in [0.29, 0.717) is 5.69 Å². The number of aryl methyl sites for hydroxylation is 2. The summed E-state index contributed by atoms with van der Waals surface area (Å²) >= 11 is 0. The molecule has 1 unspecified atom stereocenters. The highest BCUT2D eigenvalue weighted by Gasteiger charge is 2.16. The second kappa shape index (κ2) is 4.52. The van der Waals surface area contributed by atoms with Crippen LogP contribution in [0.5, 0.6) is 0 Å². The molecular weight excluding hydrogens is 236 g/mol. The van der Waals surface area contributed by atoms with E-state index < -0.39 is 6.10 Å². The van der Waals surface area contributed by atoms with Gasteiger partial charge in [0.1, 0.15) is 11.8 Å².